The number of nitrogens with one attached hydrogen (secondary N) is 2. The zero-order valence-corrected chi connectivity index (χ0v) is 15.4. The highest BCUT2D eigenvalue weighted by molar-refractivity contribution is 6.09. The first-order valence-corrected chi connectivity index (χ1v) is 8.75. The van der Waals surface area contributed by atoms with Gasteiger partial charge in [-0.1, -0.05) is 6.07 Å². The highest BCUT2D eigenvalue weighted by Crippen LogP contribution is 2.37. The Balaban J connectivity index is 1.48. The molecule has 0 aliphatic carbocycles. The summed E-state index contributed by atoms with van der Waals surface area (Å²) in [6.45, 7) is 3.05. The number of carbonyl (C=O) groups excluding carboxylic acids is 3. The standard InChI is InChI=1S/C19H19N3O6/c1-11(13-4-3-7-26-13)20-16(23)9-22-17(24)19(2,21-18(22)25)12-5-6-14-15(8-12)28-10-27-14/h3-8,11H,9-10H2,1-2H3,(H,20,23)(H,21,25)/t11-,19+/m0/s1. The van der Waals surface area contributed by atoms with E-state index in [0.717, 1.165) is 4.90 Å². The average Bonchev–Trinajstić information content (AvgIpc) is 3.39. The first kappa shape index (κ1) is 17.9. The monoisotopic (exact) mass is 385 g/mol. The fourth-order valence-corrected chi connectivity index (χ4v) is 3.28. The molecule has 1 fully saturated rings. The number of urea groups is 1. The molecule has 0 radical (unpaired) electrons. The van der Waals surface area contributed by atoms with E-state index in [0.29, 0.717) is 22.8 Å². The predicted octanol–water partition coefficient (Wildman–Crippen LogP) is 1.65. The second-order valence-corrected chi connectivity index (χ2v) is 6.82. The Morgan fingerprint density at radius 3 is 2.82 bits per heavy atom. The van der Waals surface area contributed by atoms with Gasteiger partial charge in [0.1, 0.15) is 17.8 Å². The highest BCUT2D eigenvalue weighted by Gasteiger charge is 2.50. The molecule has 2 aromatic rings. The van der Waals surface area contributed by atoms with E-state index in [1.54, 1.807) is 44.2 Å². The molecule has 0 bridgehead atoms. The van der Waals surface area contributed by atoms with Crippen LogP contribution in [-0.4, -0.2) is 36.1 Å². The molecule has 0 unspecified atom stereocenters. The fourth-order valence-electron chi connectivity index (χ4n) is 3.28. The van der Waals surface area contributed by atoms with Gasteiger partial charge in [-0.15, -0.1) is 0 Å². The summed E-state index contributed by atoms with van der Waals surface area (Å²) in [6, 6.07) is 7.45. The van der Waals surface area contributed by atoms with Crippen LogP contribution in [-0.2, 0) is 15.1 Å². The summed E-state index contributed by atoms with van der Waals surface area (Å²) in [6.07, 6.45) is 1.51. The van der Waals surface area contributed by atoms with E-state index in [-0.39, 0.29) is 12.8 Å². The van der Waals surface area contributed by atoms with Crippen molar-refractivity contribution in [1.29, 1.82) is 0 Å². The SMILES string of the molecule is C[C@H](NC(=O)CN1C(=O)N[C@](C)(c2ccc3c(c2)OCO3)C1=O)c1ccco1. The maximum atomic E-state index is 13.0. The van der Waals surface area contributed by atoms with Gasteiger partial charge in [-0.3, -0.25) is 14.5 Å². The van der Waals surface area contributed by atoms with Gasteiger partial charge < -0.3 is 24.5 Å². The Morgan fingerprint density at radius 2 is 2.07 bits per heavy atom. The lowest BCUT2D eigenvalue weighted by Gasteiger charge is -2.22. The van der Waals surface area contributed by atoms with E-state index in [2.05, 4.69) is 10.6 Å². The first-order valence-electron chi connectivity index (χ1n) is 8.75. The summed E-state index contributed by atoms with van der Waals surface area (Å²) < 4.78 is 15.9. The minimum absolute atomic E-state index is 0.107. The van der Waals surface area contributed by atoms with E-state index < -0.39 is 29.9 Å². The Labute approximate surface area is 160 Å². The lowest BCUT2D eigenvalue weighted by Crippen LogP contribution is -2.43. The lowest BCUT2D eigenvalue weighted by molar-refractivity contribution is -0.135. The van der Waals surface area contributed by atoms with Gasteiger partial charge in [-0.25, -0.2) is 4.79 Å². The Bertz CT molecular complexity index is 941. The molecular weight excluding hydrogens is 366 g/mol. The zero-order valence-electron chi connectivity index (χ0n) is 15.4. The number of benzene rings is 1. The molecule has 2 atom stereocenters. The van der Waals surface area contributed by atoms with Crippen LogP contribution < -0.4 is 20.1 Å². The van der Waals surface area contributed by atoms with Crippen LogP contribution in [0.1, 0.15) is 31.2 Å². The van der Waals surface area contributed by atoms with E-state index >= 15 is 0 Å². The molecule has 146 valence electrons. The third kappa shape index (κ3) is 2.94. The molecule has 1 aromatic carbocycles. The van der Waals surface area contributed by atoms with E-state index in [9.17, 15) is 14.4 Å². The molecule has 4 amide bonds. The van der Waals surface area contributed by atoms with Crippen molar-refractivity contribution in [2.75, 3.05) is 13.3 Å². The molecule has 9 nitrogen and oxygen atoms in total. The molecule has 3 heterocycles. The molecule has 2 N–H and O–H groups in total. The smallest absolute Gasteiger partial charge is 0.325 e. The van der Waals surface area contributed by atoms with Crippen LogP contribution >= 0.6 is 0 Å². The second kappa shape index (κ2) is 6.59. The van der Waals surface area contributed by atoms with E-state index in [1.807, 2.05) is 0 Å². The van der Waals surface area contributed by atoms with Gasteiger partial charge in [-0.2, -0.15) is 0 Å². The van der Waals surface area contributed by atoms with Crippen molar-refractivity contribution >= 4 is 17.8 Å². The molecule has 4 rings (SSSR count). The van der Waals surface area contributed by atoms with Crippen LogP contribution in [0.2, 0.25) is 0 Å². The molecular formula is C19H19N3O6. The number of ether oxygens (including phenoxy) is 2. The minimum Gasteiger partial charge on any atom is -0.467 e. The normalized spacial score (nSPS) is 21.6. The number of rotatable bonds is 5. The summed E-state index contributed by atoms with van der Waals surface area (Å²) in [5, 5.41) is 5.37. The van der Waals surface area contributed by atoms with Gasteiger partial charge in [-0.05, 0) is 43.7 Å². The maximum Gasteiger partial charge on any atom is 0.325 e. The zero-order chi connectivity index (χ0) is 19.9. The highest BCUT2D eigenvalue weighted by atomic mass is 16.7. The van der Waals surface area contributed by atoms with Gasteiger partial charge in [0.2, 0.25) is 12.7 Å². The van der Waals surface area contributed by atoms with Crippen molar-refractivity contribution in [1.82, 2.24) is 15.5 Å². The fraction of sp³-hybridized carbons (Fsp3) is 0.316. The minimum atomic E-state index is -1.30. The van der Waals surface area contributed by atoms with Gasteiger partial charge in [0.25, 0.3) is 5.91 Å². The van der Waals surface area contributed by atoms with Gasteiger partial charge in [0, 0.05) is 0 Å². The van der Waals surface area contributed by atoms with Crippen LogP contribution in [0.3, 0.4) is 0 Å². The predicted molar refractivity (Wildman–Crippen MR) is 95.4 cm³/mol. The average molecular weight is 385 g/mol. The number of nitrogens with zero attached hydrogens (tertiary/aromatic N) is 1. The van der Waals surface area contributed by atoms with Gasteiger partial charge in [0.05, 0.1) is 12.3 Å². The molecule has 0 saturated carbocycles. The van der Waals surface area contributed by atoms with Crippen LogP contribution in [0.5, 0.6) is 11.5 Å². The van der Waals surface area contributed by atoms with Crippen molar-refractivity contribution < 1.29 is 28.3 Å². The first-order chi connectivity index (χ1) is 13.4. The molecule has 2 aliphatic rings. The van der Waals surface area contributed by atoms with Gasteiger partial charge in [0.15, 0.2) is 11.5 Å². The van der Waals surface area contributed by atoms with Gasteiger partial charge >= 0.3 is 6.03 Å². The Kier molecular flexibility index (Phi) is 4.21. The Hall–Kier alpha value is -3.49. The van der Waals surface area contributed by atoms with E-state index in [1.165, 1.54) is 6.26 Å². The molecule has 1 aromatic heterocycles. The van der Waals surface area contributed by atoms with Crippen molar-refractivity contribution in [3.05, 3.63) is 47.9 Å². The number of carbonyl (C=O) groups is 3. The number of fused-ring (bicyclic) bond motifs is 1. The van der Waals surface area contributed by atoms with Crippen LogP contribution in [0.4, 0.5) is 4.79 Å². The summed E-state index contributed by atoms with van der Waals surface area (Å²) in [7, 11) is 0. The summed E-state index contributed by atoms with van der Waals surface area (Å²) in [5.41, 5.74) is -0.757. The number of hydrogen-bond donors (Lipinski definition) is 2. The number of imide groups is 1. The van der Waals surface area contributed by atoms with Crippen LogP contribution in [0.25, 0.3) is 0 Å². The Morgan fingerprint density at radius 1 is 1.29 bits per heavy atom. The number of amides is 4. The van der Waals surface area contributed by atoms with Crippen molar-refractivity contribution in [3.63, 3.8) is 0 Å². The van der Waals surface area contributed by atoms with Crippen LogP contribution in [0.15, 0.2) is 41.0 Å². The topological polar surface area (TPSA) is 110 Å². The molecule has 28 heavy (non-hydrogen) atoms. The number of hydrogen-bond acceptors (Lipinski definition) is 6. The molecule has 0 spiro atoms. The third-order valence-corrected chi connectivity index (χ3v) is 4.87. The van der Waals surface area contributed by atoms with Crippen molar-refractivity contribution in [3.8, 4) is 11.5 Å². The summed E-state index contributed by atoms with van der Waals surface area (Å²) in [4.78, 5) is 38.6. The summed E-state index contributed by atoms with van der Waals surface area (Å²) >= 11 is 0. The van der Waals surface area contributed by atoms with E-state index in [4.69, 9.17) is 13.9 Å². The van der Waals surface area contributed by atoms with Crippen molar-refractivity contribution in [2.24, 2.45) is 0 Å². The summed E-state index contributed by atoms with van der Waals surface area (Å²) in [5.74, 6) is 0.673. The third-order valence-electron chi connectivity index (χ3n) is 4.87. The van der Waals surface area contributed by atoms with Crippen molar-refractivity contribution in [2.45, 2.75) is 25.4 Å². The largest absolute Gasteiger partial charge is 0.467 e. The molecule has 1 saturated heterocycles. The second-order valence-electron chi connectivity index (χ2n) is 6.82. The quantitative estimate of drug-likeness (QED) is 0.758. The molecule has 9 heteroatoms. The maximum absolute atomic E-state index is 13.0. The lowest BCUT2D eigenvalue weighted by atomic mass is 9.91. The number of furan rings is 1. The van der Waals surface area contributed by atoms with Crippen LogP contribution in [0, 0.1) is 0 Å². The molecule has 2 aliphatic heterocycles.